The lowest BCUT2D eigenvalue weighted by Gasteiger charge is -2.35. The van der Waals surface area contributed by atoms with E-state index >= 15 is 0 Å². The van der Waals surface area contributed by atoms with Crippen molar-refractivity contribution in [3.8, 4) is 0 Å². The fraction of sp³-hybridized carbons (Fsp3) is 0.917. The zero-order chi connectivity index (χ0) is 15.1. The van der Waals surface area contributed by atoms with Gasteiger partial charge in [0.05, 0.1) is 0 Å². The van der Waals surface area contributed by atoms with Crippen molar-refractivity contribution < 1.29 is 19.9 Å². The topological polar surface area (TPSA) is 107 Å². The lowest BCUT2D eigenvalue weighted by Crippen LogP contribution is -2.52. The van der Waals surface area contributed by atoms with Crippen LogP contribution in [0.4, 0.5) is 0 Å². The molecule has 0 aliphatic heterocycles. The summed E-state index contributed by atoms with van der Waals surface area (Å²) in [7, 11) is 2.90. The van der Waals surface area contributed by atoms with E-state index in [0.29, 0.717) is 25.1 Å². The first kappa shape index (κ1) is 18.4. The third-order valence-corrected chi connectivity index (χ3v) is 3.30. The van der Waals surface area contributed by atoms with Gasteiger partial charge < -0.3 is 25.8 Å². The van der Waals surface area contributed by atoms with Crippen molar-refractivity contribution in [3.05, 3.63) is 0 Å². The van der Waals surface area contributed by atoms with Gasteiger partial charge in [-0.05, 0) is 45.6 Å². The summed E-state index contributed by atoms with van der Waals surface area (Å²) in [6.07, 6.45) is 3.68. The molecule has 19 heavy (non-hydrogen) atoms. The highest BCUT2D eigenvalue weighted by Gasteiger charge is 2.39. The highest BCUT2D eigenvalue weighted by Crippen LogP contribution is 2.31. The van der Waals surface area contributed by atoms with E-state index in [1.54, 1.807) is 6.92 Å². The van der Waals surface area contributed by atoms with Crippen LogP contribution in [-0.4, -0.2) is 59.3 Å². The second-order valence-corrected chi connectivity index (χ2v) is 5.57. The maximum absolute atomic E-state index is 11.0. The molecule has 0 saturated heterocycles. The highest BCUT2D eigenvalue weighted by atomic mass is 16.4. The quantitative estimate of drug-likeness (QED) is 0.537. The minimum absolute atomic E-state index is 0.417. The van der Waals surface area contributed by atoms with Crippen LogP contribution in [0.1, 0.15) is 32.6 Å². The van der Waals surface area contributed by atoms with E-state index in [1.807, 2.05) is 14.1 Å². The fourth-order valence-corrected chi connectivity index (χ4v) is 2.29. The first-order chi connectivity index (χ1) is 8.71. The lowest BCUT2D eigenvalue weighted by molar-refractivity contribution is -0.145. The molecule has 1 fully saturated rings. The van der Waals surface area contributed by atoms with E-state index in [4.69, 9.17) is 20.9 Å². The molecule has 0 aromatic rings. The Labute approximate surface area is 115 Å². The molecule has 0 aromatic heterocycles. The zero-order valence-corrected chi connectivity index (χ0v) is 12.2. The average molecular weight is 274 g/mol. The molecule has 0 amide bonds. The molecule has 0 bridgehead atoms. The van der Waals surface area contributed by atoms with Crippen molar-refractivity contribution >= 4 is 13.1 Å². The van der Waals surface area contributed by atoms with Crippen LogP contribution in [0, 0.1) is 5.92 Å². The van der Waals surface area contributed by atoms with Crippen molar-refractivity contribution in [3.63, 3.8) is 0 Å². The number of carboxylic acids is 1. The van der Waals surface area contributed by atoms with Gasteiger partial charge in [-0.25, -0.2) is 0 Å². The molecule has 1 saturated carbocycles. The summed E-state index contributed by atoms with van der Waals surface area (Å²) in [4.78, 5) is 13.1. The first-order valence-electron chi connectivity index (χ1n) is 6.74. The number of nitrogens with two attached hydrogens (primary N) is 1. The van der Waals surface area contributed by atoms with Crippen molar-refractivity contribution in [2.75, 3.05) is 20.6 Å². The number of hydrogen-bond acceptors (Lipinski definition) is 5. The molecular weight excluding hydrogens is 247 g/mol. The number of rotatable bonds is 4. The van der Waals surface area contributed by atoms with Crippen molar-refractivity contribution in [2.45, 2.75) is 44.5 Å². The van der Waals surface area contributed by atoms with Crippen LogP contribution in [0.3, 0.4) is 0 Å². The maximum Gasteiger partial charge on any atom is 0.451 e. The molecule has 1 aliphatic rings. The predicted octanol–water partition coefficient (Wildman–Crippen LogP) is -0.000600. The summed E-state index contributed by atoms with van der Waals surface area (Å²) in [5, 5.41) is 24.8. The normalized spacial score (nSPS) is 26.6. The van der Waals surface area contributed by atoms with Crippen molar-refractivity contribution in [1.82, 2.24) is 4.90 Å². The molecule has 0 aromatic carbocycles. The highest BCUT2D eigenvalue weighted by molar-refractivity contribution is 6.40. The Kier molecular flexibility index (Phi) is 8.25. The van der Waals surface area contributed by atoms with E-state index in [2.05, 4.69) is 4.90 Å². The number of carbonyl (C=O) groups is 1. The van der Waals surface area contributed by atoms with E-state index in [0.717, 1.165) is 19.4 Å². The number of aliphatic carboxylic acids is 1. The molecule has 0 radical (unpaired) electrons. The van der Waals surface area contributed by atoms with Gasteiger partial charge in [0.1, 0.15) is 5.54 Å². The molecule has 0 heterocycles. The van der Waals surface area contributed by atoms with Gasteiger partial charge in [0.15, 0.2) is 0 Å². The van der Waals surface area contributed by atoms with Gasteiger partial charge in [0, 0.05) is 6.54 Å². The Balaban J connectivity index is 0.000000555. The zero-order valence-electron chi connectivity index (χ0n) is 12.2. The largest absolute Gasteiger partial charge is 0.480 e. The van der Waals surface area contributed by atoms with Crippen LogP contribution in [0.25, 0.3) is 0 Å². The third-order valence-electron chi connectivity index (χ3n) is 3.30. The average Bonchev–Trinajstić information content (AvgIpc) is 2.28. The smallest absolute Gasteiger partial charge is 0.451 e. The number of hydrogen-bond donors (Lipinski definition) is 4. The second-order valence-electron chi connectivity index (χ2n) is 5.57. The van der Waals surface area contributed by atoms with Gasteiger partial charge in [-0.1, -0.05) is 13.3 Å². The molecule has 1 rings (SSSR count). The summed E-state index contributed by atoms with van der Waals surface area (Å²) < 4.78 is 0. The summed E-state index contributed by atoms with van der Waals surface area (Å²) in [5.41, 5.74) is 4.88. The number of nitrogens with zero attached hydrogens (tertiary/aromatic N) is 1. The Morgan fingerprint density at radius 2 is 2.00 bits per heavy atom. The molecule has 1 aliphatic carbocycles. The van der Waals surface area contributed by atoms with Gasteiger partial charge in [-0.3, -0.25) is 4.79 Å². The molecule has 6 nitrogen and oxygen atoms in total. The summed E-state index contributed by atoms with van der Waals surface area (Å²) >= 11 is 0. The minimum atomic E-state index is -1.12. The SMILES string of the molecule is CCB(O)O.CN(C)C[C@@H]1CCCC(N)(C(=O)O)C1. The van der Waals surface area contributed by atoms with Crippen LogP contribution in [0.15, 0.2) is 0 Å². The van der Waals surface area contributed by atoms with Gasteiger partial charge >= 0.3 is 13.1 Å². The van der Waals surface area contributed by atoms with Gasteiger partial charge in [-0.2, -0.15) is 0 Å². The lowest BCUT2D eigenvalue weighted by atomic mass is 9.76. The van der Waals surface area contributed by atoms with Gasteiger partial charge in [0.2, 0.25) is 0 Å². The van der Waals surface area contributed by atoms with Crippen LogP contribution in [0.2, 0.25) is 6.32 Å². The van der Waals surface area contributed by atoms with Crippen LogP contribution >= 0.6 is 0 Å². The summed E-state index contributed by atoms with van der Waals surface area (Å²) in [5.74, 6) is -0.416. The van der Waals surface area contributed by atoms with Crippen molar-refractivity contribution in [1.29, 1.82) is 0 Å². The second kappa shape index (κ2) is 8.53. The Hall–Kier alpha value is -0.625. The van der Waals surface area contributed by atoms with E-state index in [9.17, 15) is 4.79 Å². The Bertz CT molecular complexity index is 276. The first-order valence-corrected chi connectivity index (χ1v) is 6.74. The molecule has 112 valence electrons. The summed E-state index contributed by atoms with van der Waals surface area (Å²) in [6, 6.07) is 0. The van der Waals surface area contributed by atoms with Crippen LogP contribution in [-0.2, 0) is 4.79 Å². The van der Waals surface area contributed by atoms with E-state index < -0.39 is 18.6 Å². The van der Waals surface area contributed by atoms with Crippen LogP contribution < -0.4 is 5.73 Å². The molecule has 5 N–H and O–H groups in total. The van der Waals surface area contributed by atoms with E-state index in [-0.39, 0.29) is 0 Å². The monoisotopic (exact) mass is 274 g/mol. The fourth-order valence-electron chi connectivity index (χ4n) is 2.29. The standard InChI is InChI=1S/C10H20N2O2.C2H7BO2/c1-12(2)7-8-4-3-5-10(11,6-8)9(13)14;1-2-3(4)5/h8H,3-7,11H2,1-2H3,(H,13,14);4-5H,2H2,1H3/t8-,10?;/m1./s1. The van der Waals surface area contributed by atoms with Gasteiger partial charge in [0.25, 0.3) is 0 Å². The summed E-state index contributed by atoms with van der Waals surface area (Å²) in [6.45, 7) is 2.64. The van der Waals surface area contributed by atoms with E-state index in [1.165, 1.54) is 0 Å². The predicted molar refractivity (Wildman–Crippen MR) is 75.7 cm³/mol. The maximum atomic E-state index is 11.0. The molecule has 0 spiro atoms. The Morgan fingerprint density at radius 1 is 1.47 bits per heavy atom. The number of carboxylic acid groups (broad SMARTS) is 1. The molecule has 7 heteroatoms. The molecular formula is C12H27BN2O4. The van der Waals surface area contributed by atoms with Crippen molar-refractivity contribution in [2.24, 2.45) is 11.7 Å². The molecule has 2 atom stereocenters. The molecule has 1 unspecified atom stereocenters. The Morgan fingerprint density at radius 3 is 2.37 bits per heavy atom. The third kappa shape index (κ3) is 7.52. The van der Waals surface area contributed by atoms with Gasteiger partial charge in [-0.15, -0.1) is 0 Å². The minimum Gasteiger partial charge on any atom is -0.480 e. The van der Waals surface area contributed by atoms with Crippen LogP contribution in [0.5, 0.6) is 0 Å².